The third-order valence-electron chi connectivity index (χ3n) is 4.07. The van der Waals surface area contributed by atoms with E-state index in [2.05, 4.69) is 10.3 Å². The highest BCUT2D eigenvalue weighted by molar-refractivity contribution is 6.31. The maximum atomic E-state index is 11.8. The van der Waals surface area contributed by atoms with Crippen molar-refractivity contribution >= 4 is 29.7 Å². The van der Waals surface area contributed by atoms with Crippen LogP contribution in [0.1, 0.15) is 10.4 Å². The van der Waals surface area contributed by atoms with Gasteiger partial charge in [-0.3, -0.25) is 9.79 Å². The minimum atomic E-state index is -1.70. The molecule has 3 aliphatic rings. The fourth-order valence-electron chi connectivity index (χ4n) is 2.97. The lowest BCUT2D eigenvalue weighted by atomic mass is 10.1. The molecule has 24 heavy (non-hydrogen) atoms. The normalized spacial score (nSPS) is 27.8. The average Bonchev–Trinajstić information content (AvgIpc) is 3.12. The molecule has 1 N–H and O–H groups in total. The third-order valence-corrected chi connectivity index (χ3v) is 4.07. The number of benzene rings is 1. The van der Waals surface area contributed by atoms with Gasteiger partial charge in [-0.2, -0.15) is 0 Å². The molecule has 3 heterocycles. The zero-order valence-electron chi connectivity index (χ0n) is 12.6. The summed E-state index contributed by atoms with van der Waals surface area (Å²) in [5.74, 6) is -3.30. The number of rotatable bonds is 2. The molecule has 0 aliphatic carbocycles. The zero-order valence-corrected chi connectivity index (χ0v) is 12.6. The monoisotopic (exact) mass is 331 g/mol. The predicted molar refractivity (Wildman–Crippen MR) is 79.9 cm³/mol. The summed E-state index contributed by atoms with van der Waals surface area (Å²) in [5.41, 5.74) is 0.969. The molecule has 9 nitrogen and oxygen atoms in total. The number of esters is 2. The largest absolute Gasteiger partial charge is 0.439 e. The molecule has 0 saturated carbocycles. The molecule has 2 unspecified atom stereocenters. The number of nitrogens with zero attached hydrogens (tertiary/aromatic N) is 2. The molecule has 1 fully saturated rings. The van der Waals surface area contributed by atoms with Crippen molar-refractivity contribution in [3.05, 3.63) is 23.8 Å². The van der Waals surface area contributed by atoms with Crippen LogP contribution < -0.4 is 15.0 Å². The number of fused-ring (bicyclic) bond motifs is 2. The van der Waals surface area contributed by atoms with Crippen molar-refractivity contribution in [1.29, 1.82) is 0 Å². The molecule has 0 bridgehead atoms. The van der Waals surface area contributed by atoms with Crippen LogP contribution in [0.2, 0.25) is 0 Å². The molecule has 9 heteroatoms. The number of aliphatic imine (C=N–C) groups is 1. The Morgan fingerprint density at radius 2 is 2.17 bits per heavy atom. The van der Waals surface area contributed by atoms with E-state index in [1.165, 1.54) is 0 Å². The van der Waals surface area contributed by atoms with E-state index >= 15 is 0 Å². The molecule has 1 aromatic rings. The molecule has 0 aromatic heterocycles. The molecule has 0 spiro atoms. The second-order valence-electron chi connectivity index (χ2n) is 5.53. The van der Waals surface area contributed by atoms with Crippen molar-refractivity contribution in [3.63, 3.8) is 0 Å². The number of hydrogen-bond donors (Lipinski definition) is 1. The van der Waals surface area contributed by atoms with Gasteiger partial charge in [0.1, 0.15) is 12.0 Å². The highest BCUT2D eigenvalue weighted by Gasteiger charge is 2.62. The first kappa shape index (κ1) is 14.5. The Morgan fingerprint density at radius 1 is 1.33 bits per heavy atom. The van der Waals surface area contributed by atoms with Crippen LogP contribution in [0.25, 0.3) is 0 Å². The molecule has 3 aliphatic heterocycles. The summed E-state index contributed by atoms with van der Waals surface area (Å²) < 4.78 is 16.5. The topological polar surface area (TPSA) is 107 Å². The van der Waals surface area contributed by atoms with Gasteiger partial charge in [0.05, 0.1) is 12.2 Å². The Hall–Kier alpha value is -3.10. The maximum Gasteiger partial charge on any atom is 0.421 e. The number of nitrogens with one attached hydrogen (secondary N) is 1. The molecule has 0 radical (unpaired) electrons. The average molecular weight is 331 g/mol. The van der Waals surface area contributed by atoms with E-state index in [1.807, 2.05) is 0 Å². The van der Waals surface area contributed by atoms with Gasteiger partial charge >= 0.3 is 17.7 Å². The summed E-state index contributed by atoms with van der Waals surface area (Å²) >= 11 is 0. The number of carbonyl (C=O) groups excluding carboxylic acids is 3. The first-order chi connectivity index (χ1) is 11.5. The summed E-state index contributed by atoms with van der Waals surface area (Å²) in [7, 11) is 1.65. The van der Waals surface area contributed by atoms with Crippen molar-refractivity contribution in [1.82, 2.24) is 5.32 Å². The second kappa shape index (κ2) is 4.95. The van der Waals surface area contributed by atoms with E-state index in [0.717, 1.165) is 0 Å². The zero-order chi connectivity index (χ0) is 16.9. The fourth-order valence-corrected chi connectivity index (χ4v) is 2.97. The van der Waals surface area contributed by atoms with Crippen molar-refractivity contribution in [3.8, 4) is 5.75 Å². The third kappa shape index (κ3) is 1.87. The van der Waals surface area contributed by atoms with E-state index in [9.17, 15) is 14.4 Å². The minimum absolute atomic E-state index is 0.283. The van der Waals surface area contributed by atoms with Gasteiger partial charge in [-0.05, 0) is 18.2 Å². The van der Waals surface area contributed by atoms with E-state index in [4.69, 9.17) is 14.2 Å². The number of amidine groups is 1. The SMILES string of the molecule is CN1c2cc(C=O)ccc2OC2(C3=NCCN3)OC(=O)C(=O)OC12. The first-order valence-electron chi connectivity index (χ1n) is 7.29. The lowest BCUT2D eigenvalue weighted by Crippen LogP contribution is -2.71. The van der Waals surface area contributed by atoms with Crippen LogP contribution in [0.3, 0.4) is 0 Å². The van der Waals surface area contributed by atoms with Gasteiger partial charge in [-0.15, -0.1) is 0 Å². The Morgan fingerprint density at radius 3 is 2.88 bits per heavy atom. The highest BCUT2D eigenvalue weighted by Crippen LogP contribution is 2.43. The number of anilines is 1. The van der Waals surface area contributed by atoms with Crippen LogP contribution in [-0.2, 0) is 19.1 Å². The van der Waals surface area contributed by atoms with Gasteiger partial charge in [-0.25, -0.2) is 9.59 Å². The number of carbonyl (C=O) groups is 3. The Balaban J connectivity index is 1.86. The van der Waals surface area contributed by atoms with Crippen LogP contribution in [0.4, 0.5) is 5.69 Å². The van der Waals surface area contributed by atoms with Gasteiger partial charge in [0.2, 0.25) is 0 Å². The Bertz CT molecular complexity index is 791. The van der Waals surface area contributed by atoms with Gasteiger partial charge in [-0.1, -0.05) is 0 Å². The highest BCUT2D eigenvalue weighted by atomic mass is 16.8. The van der Waals surface area contributed by atoms with Crippen molar-refractivity contribution in [2.24, 2.45) is 4.99 Å². The number of likely N-dealkylation sites (N-methyl/N-ethyl adjacent to an activating group) is 1. The van der Waals surface area contributed by atoms with Crippen molar-refractivity contribution in [2.45, 2.75) is 12.0 Å². The van der Waals surface area contributed by atoms with Crippen LogP contribution in [0, 0.1) is 0 Å². The minimum Gasteiger partial charge on any atom is -0.439 e. The van der Waals surface area contributed by atoms with E-state index in [-0.39, 0.29) is 5.84 Å². The second-order valence-corrected chi connectivity index (χ2v) is 5.53. The van der Waals surface area contributed by atoms with Gasteiger partial charge < -0.3 is 24.4 Å². The van der Waals surface area contributed by atoms with Crippen LogP contribution >= 0.6 is 0 Å². The molecule has 124 valence electrons. The van der Waals surface area contributed by atoms with Gasteiger partial charge in [0.25, 0.3) is 6.23 Å². The standard InChI is InChI=1S/C15H13N3O6/c1-18-9-6-8(7-19)2-3-10(9)23-15(13-16-4-5-17-13)14(18)22-11(20)12(21)24-15/h2-3,6-7,14H,4-5H2,1H3,(H,16,17). The van der Waals surface area contributed by atoms with Crippen molar-refractivity contribution in [2.75, 3.05) is 25.0 Å². The maximum absolute atomic E-state index is 11.8. The molecule has 4 rings (SSSR count). The molecular formula is C15H13N3O6. The summed E-state index contributed by atoms with van der Waals surface area (Å²) in [6, 6.07) is 4.77. The van der Waals surface area contributed by atoms with Gasteiger partial charge in [0.15, 0.2) is 5.84 Å². The Labute approximate surface area is 136 Å². The number of aldehydes is 1. The number of hydrogen-bond acceptors (Lipinski definition) is 9. The Kier molecular flexibility index (Phi) is 2.99. The lowest BCUT2D eigenvalue weighted by Gasteiger charge is -2.48. The first-order valence-corrected chi connectivity index (χ1v) is 7.29. The molecular weight excluding hydrogens is 318 g/mol. The molecule has 1 saturated heterocycles. The molecule has 1 aromatic carbocycles. The number of ether oxygens (including phenoxy) is 3. The summed E-state index contributed by atoms with van der Waals surface area (Å²) in [6.45, 7) is 1.04. The van der Waals surface area contributed by atoms with E-state index in [1.54, 1.807) is 30.1 Å². The van der Waals surface area contributed by atoms with Crippen LogP contribution in [-0.4, -0.2) is 56.2 Å². The lowest BCUT2D eigenvalue weighted by molar-refractivity contribution is -0.240. The summed E-state index contributed by atoms with van der Waals surface area (Å²) in [6.07, 6.45) is -0.368. The van der Waals surface area contributed by atoms with E-state index < -0.39 is 24.0 Å². The quantitative estimate of drug-likeness (QED) is 0.437. The predicted octanol–water partition coefficient (Wildman–Crippen LogP) is -0.548. The summed E-state index contributed by atoms with van der Waals surface area (Å²) in [5, 5.41) is 3.00. The molecule has 2 atom stereocenters. The fraction of sp³-hybridized carbons (Fsp3) is 0.333. The van der Waals surface area contributed by atoms with Crippen LogP contribution in [0.15, 0.2) is 23.2 Å². The van der Waals surface area contributed by atoms with E-state index in [0.29, 0.717) is 36.4 Å². The van der Waals surface area contributed by atoms with Crippen molar-refractivity contribution < 1.29 is 28.6 Å². The van der Waals surface area contributed by atoms with Crippen LogP contribution in [0.5, 0.6) is 5.75 Å². The summed E-state index contributed by atoms with van der Waals surface area (Å²) in [4.78, 5) is 40.3. The van der Waals surface area contributed by atoms with Gasteiger partial charge in [0, 0.05) is 19.2 Å². The molecule has 0 amide bonds. The smallest absolute Gasteiger partial charge is 0.421 e.